The maximum atomic E-state index is 10.7. The summed E-state index contributed by atoms with van der Waals surface area (Å²) in [5.74, 6) is 1.02. The number of hydrogen-bond donors (Lipinski definition) is 1. The summed E-state index contributed by atoms with van der Waals surface area (Å²) in [5.41, 5.74) is 1.59. The Morgan fingerprint density at radius 2 is 1.89 bits per heavy atom. The molecular formula is C14H13NO4. The summed E-state index contributed by atoms with van der Waals surface area (Å²) < 4.78 is 5.61. The normalized spacial score (nSPS) is 10.2. The van der Waals surface area contributed by atoms with Crippen molar-refractivity contribution in [2.75, 3.05) is 0 Å². The molecule has 5 heteroatoms. The first-order valence-electron chi connectivity index (χ1n) is 5.73. The first kappa shape index (κ1) is 13.0. The maximum Gasteiger partial charge on any atom is 0.273 e. The lowest BCUT2D eigenvalue weighted by atomic mass is 10.2. The molecule has 0 radical (unpaired) electrons. The van der Waals surface area contributed by atoms with Crippen molar-refractivity contribution >= 4 is 5.69 Å². The van der Waals surface area contributed by atoms with Crippen LogP contribution in [0.1, 0.15) is 11.1 Å². The summed E-state index contributed by atoms with van der Waals surface area (Å²) in [5, 5.41) is 19.7. The van der Waals surface area contributed by atoms with Gasteiger partial charge in [0.05, 0.1) is 17.6 Å². The smallest absolute Gasteiger partial charge is 0.273 e. The Balaban J connectivity index is 2.26. The fourth-order valence-electron chi connectivity index (χ4n) is 1.60. The van der Waals surface area contributed by atoms with E-state index in [0.29, 0.717) is 11.5 Å². The number of rotatable bonds is 4. The Kier molecular flexibility index (Phi) is 3.77. The zero-order valence-electron chi connectivity index (χ0n) is 10.4. The van der Waals surface area contributed by atoms with Gasteiger partial charge < -0.3 is 9.84 Å². The van der Waals surface area contributed by atoms with Crippen molar-refractivity contribution in [2.24, 2.45) is 0 Å². The predicted octanol–water partition coefficient (Wildman–Crippen LogP) is 3.19. The minimum Gasteiger partial charge on any atom is -0.457 e. The minimum atomic E-state index is -0.457. The predicted molar refractivity (Wildman–Crippen MR) is 70.3 cm³/mol. The van der Waals surface area contributed by atoms with E-state index in [2.05, 4.69) is 0 Å². The van der Waals surface area contributed by atoms with E-state index in [-0.39, 0.29) is 12.3 Å². The summed E-state index contributed by atoms with van der Waals surface area (Å²) >= 11 is 0. The lowest BCUT2D eigenvalue weighted by Gasteiger charge is -2.08. The van der Waals surface area contributed by atoms with Crippen LogP contribution in [-0.4, -0.2) is 10.0 Å². The molecule has 0 aliphatic heterocycles. The molecular weight excluding hydrogens is 246 g/mol. The second kappa shape index (κ2) is 5.49. The van der Waals surface area contributed by atoms with Crippen LogP contribution < -0.4 is 4.74 Å². The van der Waals surface area contributed by atoms with E-state index >= 15 is 0 Å². The number of non-ortho nitro benzene ring substituents is 1. The summed E-state index contributed by atoms with van der Waals surface area (Å²) in [6, 6.07) is 11.4. The average Bonchev–Trinajstić information content (AvgIpc) is 2.42. The number of aliphatic hydroxyl groups is 1. The van der Waals surface area contributed by atoms with Gasteiger partial charge in [0.25, 0.3) is 5.69 Å². The van der Waals surface area contributed by atoms with Crippen LogP contribution in [0.2, 0.25) is 0 Å². The second-order valence-corrected chi connectivity index (χ2v) is 4.11. The average molecular weight is 259 g/mol. The fourth-order valence-corrected chi connectivity index (χ4v) is 1.60. The molecule has 98 valence electrons. The summed E-state index contributed by atoms with van der Waals surface area (Å²) in [6.45, 7) is 1.79. The van der Waals surface area contributed by atoms with Gasteiger partial charge in [-0.05, 0) is 36.2 Å². The third-order valence-corrected chi connectivity index (χ3v) is 2.72. The van der Waals surface area contributed by atoms with Gasteiger partial charge in [0.2, 0.25) is 0 Å². The number of hydrogen-bond acceptors (Lipinski definition) is 4. The monoisotopic (exact) mass is 259 g/mol. The summed E-state index contributed by atoms with van der Waals surface area (Å²) in [6.07, 6.45) is 0. The Hall–Kier alpha value is -2.40. The molecule has 1 N–H and O–H groups in total. The van der Waals surface area contributed by atoms with E-state index in [9.17, 15) is 10.1 Å². The van der Waals surface area contributed by atoms with Crippen molar-refractivity contribution in [2.45, 2.75) is 13.5 Å². The topological polar surface area (TPSA) is 72.6 Å². The van der Waals surface area contributed by atoms with Gasteiger partial charge in [-0.2, -0.15) is 0 Å². The van der Waals surface area contributed by atoms with Gasteiger partial charge in [0, 0.05) is 6.07 Å². The molecule has 0 saturated carbocycles. The largest absolute Gasteiger partial charge is 0.457 e. The molecule has 2 aromatic rings. The van der Waals surface area contributed by atoms with Crippen LogP contribution in [0.15, 0.2) is 42.5 Å². The highest BCUT2D eigenvalue weighted by molar-refractivity contribution is 5.45. The molecule has 0 heterocycles. The Labute approximate surface area is 110 Å². The number of aliphatic hydroxyl groups excluding tert-OH is 1. The quantitative estimate of drug-likeness (QED) is 0.676. The van der Waals surface area contributed by atoms with Crippen molar-refractivity contribution in [1.29, 1.82) is 0 Å². The van der Waals surface area contributed by atoms with Crippen LogP contribution in [0.4, 0.5) is 5.69 Å². The molecule has 0 aromatic heterocycles. The molecule has 0 aliphatic carbocycles. The highest BCUT2D eigenvalue weighted by Gasteiger charge is 2.10. The van der Waals surface area contributed by atoms with Crippen molar-refractivity contribution in [3.63, 3.8) is 0 Å². The van der Waals surface area contributed by atoms with Gasteiger partial charge in [0.15, 0.2) is 0 Å². The molecule has 0 fully saturated rings. The van der Waals surface area contributed by atoms with Gasteiger partial charge in [-0.15, -0.1) is 0 Å². The molecule has 0 atom stereocenters. The first-order valence-corrected chi connectivity index (χ1v) is 5.73. The summed E-state index contributed by atoms with van der Waals surface area (Å²) in [7, 11) is 0. The number of nitro groups is 1. The van der Waals surface area contributed by atoms with Crippen molar-refractivity contribution < 1.29 is 14.8 Å². The van der Waals surface area contributed by atoms with Gasteiger partial charge in [0.1, 0.15) is 11.5 Å². The lowest BCUT2D eigenvalue weighted by molar-refractivity contribution is -0.384. The zero-order chi connectivity index (χ0) is 13.8. The van der Waals surface area contributed by atoms with E-state index in [4.69, 9.17) is 9.84 Å². The van der Waals surface area contributed by atoms with Gasteiger partial charge in [-0.3, -0.25) is 10.1 Å². The van der Waals surface area contributed by atoms with Gasteiger partial charge >= 0.3 is 0 Å². The number of nitrogens with zero attached hydrogens (tertiary/aromatic N) is 1. The minimum absolute atomic E-state index is 0.00687. The number of ether oxygens (including phenoxy) is 1. The Bertz CT molecular complexity index is 593. The molecule has 19 heavy (non-hydrogen) atoms. The van der Waals surface area contributed by atoms with Gasteiger partial charge in [-0.25, -0.2) is 0 Å². The van der Waals surface area contributed by atoms with E-state index in [1.165, 1.54) is 12.1 Å². The molecule has 0 unspecified atom stereocenters. The van der Waals surface area contributed by atoms with Crippen LogP contribution in [0.3, 0.4) is 0 Å². The van der Waals surface area contributed by atoms with Crippen LogP contribution >= 0.6 is 0 Å². The SMILES string of the molecule is Cc1ccc([N+](=O)[O-])cc1Oc1ccc(CO)cc1. The Morgan fingerprint density at radius 3 is 2.47 bits per heavy atom. The highest BCUT2D eigenvalue weighted by atomic mass is 16.6. The molecule has 0 spiro atoms. The Morgan fingerprint density at radius 1 is 1.21 bits per heavy atom. The van der Waals surface area contributed by atoms with Crippen molar-refractivity contribution in [3.05, 3.63) is 63.7 Å². The molecule has 0 bridgehead atoms. The maximum absolute atomic E-state index is 10.7. The fraction of sp³-hybridized carbons (Fsp3) is 0.143. The van der Waals surface area contributed by atoms with Crippen LogP contribution in [-0.2, 0) is 6.61 Å². The standard InChI is InChI=1S/C14H13NO4/c1-10-2-5-12(15(17)18)8-14(10)19-13-6-3-11(9-16)4-7-13/h2-8,16H,9H2,1H3. The lowest BCUT2D eigenvalue weighted by Crippen LogP contribution is -1.92. The molecule has 0 amide bonds. The van der Waals surface area contributed by atoms with Crippen LogP contribution in [0, 0.1) is 17.0 Å². The highest BCUT2D eigenvalue weighted by Crippen LogP contribution is 2.28. The second-order valence-electron chi connectivity index (χ2n) is 4.11. The van der Waals surface area contributed by atoms with Crippen LogP contribution in [0.5, 0.6) is 11.5 Å². The van der Waals surface area contributed by atoms with E-state index < -0.39 is 4.92 Å². The van der Waals surface area contributed by atoms with Gasteiger partial charge in [-0.1, -0.05) is 12.1 Å². The molecule has 0 saturated heterocycles. The zero-order valence-corrected chi connectivity index (χ0v) is 10.4. The third-order valence-electron chi connectivity index (χ3n) is 2.72. The number of benzene rings is 2. The molecule has 2 rings (SSSR count). The van der Waals surface area contributed by atoms with E-state index in [1.807, 2.05) is 6.92 Å². The molecule has 2 aromatic carbocycles. The first-order chi connectivity index (χ1) is 9.10. The van der Waals surface area contributed by atoms with E-state index in [0.717, 1.165) is 11.1 Å². The van der Waals surface area contributed by atoms with Crippen molar-refractivity contribution in [1.82, 2.24) is 0 Å². The van der Waals surface area contributed by atoms with Crippen LogP contribution in [0.25, 0.3) is 0 Å². The van der Waals surface area contributed by atoms with E-state index in [1.54, 1.807) is 30.3 Å². The number of aryl methyl sites for hydroxylation is 1. The number of nitro benzene ring substituents is 1. The molecule has 5 nitrogen and oxygen atoms in total. The van der Waals surface area contributed by atoms with Crippen molar-refractivity contribution in [3.8, 4) is 11.5 Å². The molecule has 0 aliphatic rings. The third kappa shape index (κ3) is 3.08. The summed E-state index contributed by atoms with van der Waals surface area (Å²) in [4.78, 5) is 10.3.